The number of hydrogen-bond acceptors (Lipinski definition) is 6. The lowest BCUT2D eigenvalue weighted by Gasteiger charge is -2.42. The van der Waals surface area contributed by atoms with Gasteiger partial charge in [-0.15, -0.1) is 0 Å². The number of anilines is 2. The van der Waals surface area contributed by atoms with Gasteiger partial charge in [0.2, 0.25) is 5.91 Å². The maximum atomic E-state index is 16.3. The van der Waals surface area contributed by atoms with E-state index in [9.17, 15) is 14.0 Å². The fourth-order valence-corrected chi connectivity index (χ4v) is 5.40. The number of aryl methyl sites for hydroxylation is 1. The van der Waals surface area contributed by atoms with Crippen LogP contribution in [0.4, 0.5) is 24.8 Å². The van der Waals surface area contributed by atoms with Crippen LogP contribution in [0.15, 0.2) is 30.6 Å². The van der Waals surface area contributed by atoms with E-state index in [0.717, 1.165) is 11.1 Å². The molecule has 5 rings (SSSR count). The van der Waals surface area contributed by atoms with Gasteiger partial charge >= 0.3 is 0 Å². The van der Waals surface area contributed by atoms with Crippen molar-refractivity contribution in [2.45, 2.75) is 38.3 Å². The summed E-state index contributed by atoms with van der Waals surface area (Å²) in [5.41, 5.74) is -1.69. The number of carbonyl (C=O) groups is 2. The normalized spacial score (nSPS) is 19.2. The first-order valence-electron chi connectivity index (χ1n) is 12.8. The summed E-state index contributed by atoms with van der Waals surface area (Å²) in [4.78, 5) is 32.7. The van der Waals surface area contributed by atoms with Crippen LogP contribution in [-0.4, -0.2) is 69.7 Å². The first-order chi connectivity index (χ1) is 18.9. The molecule has 2 N–H and O–H groups in total. The van der Waals surface area contributed by atoms with E-state index in [1.807, 2.05) is 13.8 Å². The Hall–Kier alpha value is -3.64. The van der Waals surface area contributed by atoms with Gasteiger partial charge in [0.05, 0.1) is 29.4 Å². The van der Waals surface area contributed by atoms with Gasteiger partial charge in [-0.2, -0.15) is 5.10 Å². The highest BCUT2D eigenvalue weighted by molar-refractivity contribution is 6.30. The molecule has 2 aliphatic rings. The molecule has 2 aromatic heterocycles. The van der Waals surface area contributed by atoms with Gasteiger partial charge in [-0.25, -0.2) is 18.2 Å². The van der Waals surface area contributed by atoms with Crippen LogP contribution in [0.3, 0.4) is 0 Å². The second-order valence-electron chi connectivity index (χ2n) is 10.7. The molecular formula is C27H29ClF3N7O2. The Morgan fingerprint density at radius 3 is 2.60 bits per heavy atom. The fourth-order valence-electron chi connectivity index (χ4n) is 5.22. The molecule has 40 heavy (non-hydrogen) atoms. The number of likely N-dealkylation sites (tertiary alicyclic amines) is 1. The van der Waals surface area contributed by atoms with E-state index < -0.39 is 28.8 Å². The Morgan fingerprint density at radius 2 is 1.95 bits per heavy atom. The molecule has 0 bridgehead atoms. The first kappa shape index (κ1) is 27.9. The Balaban J connectivity index is 1.51. The third-order valence-electron chi connectivity index (χ3n) is 7.33. The van der Waals surface area contributed by atoms with Crippen molar-refractivity contribution in [1.82, 2.24) is 25.0 Å². The number of fused-ring (bicyclic) bond motifs is 1. The molecule has 212 valence electrons. The van der Waals surface area contributed by atoms with Gasteiger partial charge in [-0.3, -0.25) is 19.2 Å². The van der Waals surface area contributed by atoms with Crippen LogP contribution >= 0.6 is 11.6 Å². The average Bonchev–Trinajstić information content (AvgIpc) is 3.21. The quantitative estimate of drug-likeness (QED) is 0.448. The SMILES string of the molecule is CC(C)NCC(=O)N1CC(Nc2ncc3c(c2F)[C@@](C)(c2cccc(Cl)c2F)CN(c2nn(C)cc2F)C3=O)C1. The lowest BCUT2D eigenvalue weighted by atomic mass is 9.71. The van der Waals surface area contributed by atoms with Gasteiger partial charge < -0.3 is 15.5 Å². The molecule has 0 aliphatic carbocycles. The van der Waals surface area contributed by atoms with Crippen LogP contribution in [0.1, 0.15) is 42.3 Å². The molecule has 2 amide bonds. The summed E-state index contributed by atoms with van der Waals surface area (Å²) < 4.78 is 47.7. The number of amides is 2. The Morgan fingerprint density at radius 1 is 1.23 bits per heavy atom. The summed E-state index contributed by atoms with van der Waals surface area (Å²) in [6.45, 7) is 6.05. The zero-order valence-electron chi connectivity index (χ0n) is 22.4. The van der Waals surface area contributed by atoms with E-state index in [1.54, 1.807) is 11.8 Å². The molecule has 1 aromatic carbocycles. The second-order valence-corrected chi connectivity index (χ2v) is 11.1. The summed E-state index contributed by atoms with van der Waals surface area (Å²) in [5.74, 6) is -3.55. The van der Waals surface area contributed by atoms with E-state index in [-0.39, 0.29) is 64.4 Å². The number of nitrogens with one attached hydrogen (secondary N) is 2. The van der Waals surface area contributed by atoms with Crippen LogP contribution < -0.4 is 15.5 Å². The molecule has 4 heterocycles. The Labute approximate surface area is 234 Å². The minimum absolute atomic E-state index is 0.0317. The van der Waals surface area contributed by atoms with Crippen molar-refractivity contribution in [1.29, 1.82) is 0 Å². The molecule has 0 saturated carbocycles. The molecule has 0 radical (unpaired) electrons. The van der Waals surface area contributed by atoms with Crippen molar-refractivity contribution in [2.75, 3.05) is 36.4 Å². The van der Waals surface area contributed by atoms with Crippen molar-refractivity contribution in [2.24, 2.45) is 7.05 Å². The fraction of sp³-hybridized carbons (Fsp3) is 0.407. The van der Waals surface area contributed by atoms with Crippen molar-refractivity contribution in [3.8, 4) is 0 Å². The van der Waals surface area contributed by atoms with Gasteiger partial charge in [-0.05, 0) is 13.0 Å². The third kappa shape index (κ3) is 4.79. The molecule has 1 atom stereocenters. The topological polar surface area (TPSA) is 95.4 Å². The maximum Gasteiger partial charge on any atom is 0.261 e. The standard InChI is InChI=1S/C27H29ClF3N7O2/c1-14(2)32-9-20(39)37-10-15(11-37)34-24-23(31)21-16(8-33-24)26(40)38(25-19(29)12-36(4)35-25)13-27(21,3)17-6-5-7-18(28)22(17)30/h5-8,12,14-15,32H,9-11,13H2,1-4H3,(H,33,34)/t27-/m1/s1. The van der Waals surface area contributed by atoms with Crippen molar-refractivity contribution in [3.05, 3.63) is 69.8 Å². The Bertz CT molecular complexity index is 1490. The number of rotatable bonds is 7. The number of nitrogens with zero attached hydrogens (tertiary/aromatic N) is 5. The van der Waals surface area contributed by atoms with Gasteiger partial charge in [0.15, 0.2) is 23.3 Å². The monoisotopic (exact) mass is 575 g/mol. The molecule has 0 spiro atoms. The summed E-state index contributed by atoms with van der Waals surface area (Å²) >= 11 is 6.09. The lowest BCUT2D eigenvalue weighted by molar-refractivity contribution is -0.134. The highest BCUT2D eigenvalue weighted by atomic mass is 35.5. The van der Waals surface area contributed by atoms with Gasteiger partial charge in [0.25, 0.3) is 5.91 Å². The van der Waals surface area contributed by atoms with E-state index in [4.69, 9.17) is 11.6 Å². The summed E-state index contributed by atoms with van der Waals surface area (Å²) in [7, 11) is 1.50. The lowest BCUT2D eigenvalue weighted by Crippen LogP contribution is -2.59. The predicted octanol–water partition coefficient (Wildman–Crippen LogP) is 3.47. The summed E-state index contributed by atoms with van der Waals surface area (Å²) in [5, 5.41) is 9.97. The van der Waals surface area contributed by atoms with Crippen molar-refractivity contribution < 1.29 is 22.8 Å². The highest BCUT2D eigenvalue weighted by Gasteiger charge is 2.47. The van der Waals surface area contributed by atoms with Crippen LogP contribution in [-0.2, 0) is 17.3 Å². The molecule has 2 aliphatic heterocycles. The molecule has 0 unspecified atom stereocenters. The predicted molar refractivity (Wildman–Crippen MR) is 144 cm³/mol. The van der Waals surface area contributed by atoms with Crippen LogP contribution in [0, 0.1) is 17.5 Å². The van der Waals surface area contributed by atoms with E-state index in [2.05, 4.69) is 20.7 Å². The number of benzene rings is 1. The largest absolute Gasteiger partial charge is 0.361 e. The number of hydrogen-bond donors (Lipinski definition) is 2. The van der Waals surface area contributed by atoms with E-state index in [1.165, 1.54) is 36.1 Å². The zero-order chi connectivity index (χ0) is 28.9. The molecule has 9 nitrogen and oxygen atoms in total. The number of aromatic nitrogens is 3. The molecule has 13 heteroatoms. The molecule has 1 saturated heterocycles. The van der Waals surface area contributed by atoms with E-state index >= 15 is 8.78 Å². The zero-order valence-corrected chi connectivity index (χ0v) is 23.2. The van der Waals surface area contributed by atoms with E-state index in [0.29, 0.717) is 13.1 Å². The van der Waals surface area contributed by atoms with Crippen molar-refractivity contribution in [3.63, 3.8) is 0 Å². The average molecular weight is 576 g/mol. The third-order valence-corrected chi connectivity index (χ3v) is 7.62. The minimum atomic E-state index is -1.49. The number of carbonyl (C=O) groups excluding carboxylic acids is 2. The van der Waals surface area contributed by atoms with Gasteiger partial charge in [0, 0.05) is 55.5 Å². The minimum Gasteiger partial charge on any atom is -0.361 e. The van der Waals surface area contributed by atoms with Crippen LogP contribution in [0.25, 0.3) is 0 Å². The number of pyridine rings is 1. The molecule has 1 fully saturated rings. The van der Waals surface area contributed by atoms with Crippen molar-refractivity contribution >= 4 is 35.1 Å². The summed E-state index contributed by atoms with van der Waals surface area (Å²) in [6.07, 6.45) is 2.30. The first-order valence-corrected chi connectivity index (χ1v) is 13.2. The van der Waals surface area contributed by atoms with Crippen LogP contribution in [0.5, 0.6) is 0 Å². The Kier molecular flexibility index (Phi) is 7.26. The smallest absolute Gasteiger partial charge is 0.261 e. The van der Waals surface area contributed by atoms with Crippen LogP contribution in [0.2, 0.25) is 5.02 Å². The molecular weight excluding hydrogens is 547 g/mol. The van der Waals surface area contributed by atoms with Gasteiger partial charge in [0.1, 0.15) is 5.82 Å². The van der Waals surface area contributed by atoms with Gasteiger partial charge in [-0.1, -0.05) is 37.6 Å². The number of halogens is 4. The molecule has 3 aromatic rings. The maximum absolute atomic E-state index is 16.3. The second kappa shape index (κ2) is 10.4. The highest BCUT2D eigenvalue weighted by Crippen LogP contribution is 2.45. The summed E-state index contributed by atoms with van der Waals surface area (Å²) in [6, 6.07) is 4.25.